The van der Waals surface area contributed by atoms with E-state index in [1.165, 1.54) is 25.7 Å². The minimum atomic E-state index is 0.339. The smallest absolute Gasteiger partial charge is 0.222 e. The fraction of sp³-hybridized carbons (Fsp3) is 0.812. The summed E-state index contributed by atoms with van der Waals surface area (Å²) in [6.45, 7) is 6.10. The number of nitrogens with zero attached hydrogens (tertiary/aromatic N) is 1. The summed E-state index contributed by atoms with van der Waals surface area (Å²) >= 11 is 0. The van der Waals surface area contributed by atoms with Crippen LogP contribution in [0.1, 0.15) is 52.4 Å². The van der Waals surface area contributed by atoms with Crippen molar-refractivity contribution in [1.82, 2.24) is 4.90 Å². The molecule has 3 atom stereocenters. The van der Waals surface area contributed by atoms with E-state index in [1.54, 1.807) is 0 Å². The first kappa shape index (κ1) is 13.6. The van der Waals surface area contributed by atoms with Gasteiger partial charge >= 0.3 is 0 Å². The number of allylic oxidation sites excluding steroid dienone is 2. The Labute approximate surface area is 111 Å². The van der Waals surface area contributed by atoms with E-state index in [-0.39, 0.29) is 0 Å². The van der Waals surface area contributed by atoms with Crippen LogP contribution in [0.15, 0.2) is 12.2 Å². The molecule has 0 aromatic heterocycles. The third-order valence-corrected chi connectivity index (χ3v) is 4.50. The van der Waals surface area contributed by atoms with E-state index in [0.29, 0.717) is 12.3 Å². The molecule has 0 aromatic rings. The molecule has 0 aromatic carbocycles. The number of hydrogen-bond acceptors (Lipinski definition) is 1. The summed E-state index contributed by atoms with van der Waals surface area (Å²) in [5.74, 6) is 2.94. The standard InChI is InChI=1S/C16H27NO/c1-3-10-17(16(18)4-2)12-14-11-15(14)13-8-6-5-7-9-13/h5-6,13-15H,3-4,7-12H2,1-2H3. The Morgan fingerprint density at radius 2 is 2.17 bits per heavy atom. The minimum absolute atomic E-state index is 0.339. The number of hydrogen-bond donors (Lipinski definition) is 0. The molecule has 0 spiro atoms. The van der Waals surface area contributed by atoms with E-state index in [1.807, 2.05) is 6.92 Å². The summed E-state index contributed by atoms with van der Waals surface area (Å²) in [6, 6.07) is 0. The van der Waals surface area contributed by atoms with Crippen molar-refractivity contribution < 1.29 is 4.79 Å². The normalized spacial score (nSPS) is 30.2. The Kier molecular flexibility index (Phi) is 4.85. The summed E-state index contributed by atoms with van der Waals surface area (Å²) in [4.78, 5) is 14.0. The zero-order valence-corrected chi connectivity index (χ0v) is 11.9. The first-order valence-corrected chi connectivity index (χ1v) is 7.69. The second kappa shape index (κ2) is 6.40. The van der Waals surface area contributed by atoms with Crippen LogP contribution < -0.4 is 0 Å². The summed E-state index contributed by atoms with van der Waals surface area (Å²) < 4.78 is 0. The Bertz CT molecular complexity index is 310. The van der Waals surface area contributed by atoms with Crippen LogP contribution in [0, 0.1) is 17.8 Å². The van der Waals surface area contributed by atoms with Gasteiger partial charge < -0.3 is 4.90 Å². The van der Waals surface area contributed by atoms with Crippen molar-refractivity contribution in [2.75, 3.05) is 13.1 Å². The van der Waals surface area contributed by atoms with Crippen LogP contribution in [0.3, 0.4) is 0 Å². The number of carbonyl (C=O) groups excluding carboxylic acids is 1. The van der Waals surface area contributed by atoms with E-state index < -0.39 is 0 Å². The summed E-state index contributed by atoms with van der Waals surface area (Å²) in [5, 5.41) is 0. The molecule has 3 unspecified atom stereocenters. The van der Waals surface area contributed by atoms with Gasteiger partial charge in [0.05, 0.1) is 0 Å². The third-order valence-electron chi connectivity index (χ3n) is 4.50. The van der Waals surface area contributed by atoms with E-state index in [4.69, 9.17) is 0 Å². The van der Waals surface area contributed by atoms with Crippen molar-refractivity contribution in [1.29, 1.82) is 0 Å². The molecule has 0 N–H and O–H groups in total. The molecule has 2 aliphatic rings. The molecular weight excluding hydrogens is 222 g/mol. The minimum Gasteiger partial charge on any atom is -0.342 e. The largest absolute Gasteiger partial charge is 0.342 e. The van der Waals surface area contributed by atoms with Gasteiger partial charge in [0.1, 0.15) is 0 Å². The molecule has 0 bridgehead atoms. The van der Waals surface area contributed by atoms with Crippen molar-refractivity contribution in [3.63, 3.8) is 0 Å². The van der Waals surface area contributed by atoms with Gasteiger partial charge in [0.15, 0.2) is 0 Å². The molecule has 2 aliphatic carbocycles. The summed E-state index contributed by atoms with van der Waals surface area (Å²) in [5.41, 5.74) is 0. The Balaban J connectivity index is 1.79. The third kappa shape index (κ3) is 3.37. The van der Waals surface area contributed by atoms with E-state index in [2.05, 4.69) is 24.0 Å². The molecule has 102 valence electrons. The fourth-order valence-electron chi connectivity index (χ4n) is 3.36. The quantitative estimate of drug-likeness (QED) is 0.658. The van der Waals surface area contributed by atoms with Crippen LogP contribution in [0.4, 0.5) is 0 Å². The second-order valence-corrected chi connectivity index (χ2v) is 5.90. The highest BCUT2D eigenvalue weighted by Gasteiger charge is 2.43. The molecule has 1 fully saturated rings. The predicted molar refractivity (Wildman–Crippen MR) is 75.2 cm³/mol. The highest BCUT2D eigenvalue weighted by Crippen LogP contribution is 2.48. The van der Waals surface area contributed by atoms with Crippen LogP contribution in [0.2, 0.25) is 0 Å². The highest BCUT2D eigenvalue weighted by atomic mass is 16.2. The molecule has 18 heavy (non-hydrogen) atoms. The number of carbonyl (C=O) groups is 1. The monoisotopic (exact) mass is 249 g/mol. The molecule has 0 radical (unpaired) electrons. The highest BCUT2D eigenvalue weighted by molar-refractivity contribution is 5.75. The van der Waals surface area contributed by atoms with Crippen LogP contribution >= 0.6 is 0 Å². The van der Waals surface area contributed by atoms with Gasteiger partial charge in [0.25, 0.3) is 0 Å². The van der Waals surface area contributed by atoms with Crippen molar-refractivity contribution in [2.45, 2.75) is 52.4 Å². The lowest BCUT2D eigenvalue weighted by Crippen LogP contribution is -2.33. The van der Waals surface area contributed by atoms with Gasteiger partial charge in [-0.05, 0) is 49.9 Å². The van der Waals surface area contributed by atoms with Crippen molar-refractivity contribution >= 4 is 5.91 Å². The SMILES string of the molecule is CCCN(CC1CC1C1CC=CCC1)C(=O)CC. The van der Waals surface area contributed by atoms with E-state index in [9.17, 15) is 4.79 Å². The lowest BCUT2D eigenvalue weighted by molar-refractivity contribution is -0.131. The topological polar surface area (TPSA) is 20.3 Å². The maximum atomic E-state index is 11.9. The second-order valence-electron chi connectivity index (χ2n) is 5.90. The molecule has 1 saturated carbocycles. The van der Waals surface area contributed by atoms with Gasteiger partial charge in [-0.3, -0.25) is 4.79 Å². The summed E-state index contributed by atoms with van der Waals surface area (Å²) in [7, 11) is 0. The Hall–Kier alpha value is -0.790. The van der Waals surface area contributed by atoms with Crippen LogP contribution in [0.25, 0.3) is 0 Å². The van der Waals surface area contributed by atoms with Crippen LogP contribution in [-0.4, -0.2) is 23.9 Å². The molecule has 0 aliphatic heterocycles. The maximum Gasteiger partial charge on any atom is 0.222 e. The molecular formula is C16H27NO. The van der Waals surface area contributed by atoms with Gasteiger partial charge in [-0.2, -0.15) is 0 Å². The first-order chi connectivity index (χ1) is 8.76. The fourth-order valence-corrected chi connectivity index (χ4v) is 3.36. The maximum absolute atomic E-state index is 11.9. The number of rotatable bonds is 6. The van der Waals surface area contributed by atoms with Crippen LogP contribution in [-0.2, 0) is 4.79 Å². The molecule has 2 rings (SSSR count). The average Bonchev–Trinajstić information content (AvgIpc) is 3.18. The van der Waals surface area contributed by atoms with Gasteiger partial charge in [0, 0.05) is 19.5 Å². The van der Waals surface area contributed by atoms with E-state index in [0.717, 1.165) is 37.3 Å². The van der Waals surface area contributed by atoms with Crippen molar-refractivity contribution in [2.24, 2.45) is 17.8 Å². The average molecular weight is 249 g/mol. The zero-order valence-electron chi connectivity index (χ0n) is 11.9. The Morgan fingerprint density at radius 3 is 2.78 bits per heavy atom. The predicted octanol–water partition coefficient (Wildman–Crippen LogP) is 3.63. The zero-order chi connectivity index (χ0) is 13.0. The van der Waals surface area contributed by atoms with Crippen molar-refractivity contribution in [3.8, 4) is 0 Å². The van der Waals surface area contributed by atoms with Crippen LogP contribution in [0.5, 0.6) is 0 Å². The van der Waals surface area contributed by atoms with Gasteiger partial charge in [0.2, 0.25) is 5.91 Å². The lowest BCUT2D eigenvalue weighted by atomic mass is 9.89. The molecule has 1 amide bonds. The lowest BCUT2D eigenvalue weighted by Gasteiger charge is -2.23. The molecule has 0 saturated heterocycles. The van der Waals surface area contributed by atoms with Gasteiger partial charge in [-0.15, -0.1) is 0 Å². The molecule has 2 nitrogen and oxygen atoms in total. The molecule has 2 heteroatoms. The van der Waals surface area contributed by atoms with E-state index >= 15 is 0 Å². The summed E-state index contributed by atoms with van der Waals surface area (Å²) in [6.07, 6.45) is 11.7. The molecule has 0 heterocycles. The van der Waals surface area contributed by atoms with Gasteiger partial charge in [-0.1, -0.05) is 26.0 Å². The van der Waals surface area contributed by atoms with Crippen molar-refractivity contribution in [3.05, 3.63) is 12.2 Å². The number of amides is 1. The first-order valence-electron chi connectivity index (χ1n) is 7.69. The van der Waals surface area contributed by atoms with Gasteiger partial charge in [-0.25, -0.2) is 0 Å². The Morgan fingerprint density at radius 1 is 1.33 bits per heavy atom.